The highest BCUT2D eigenvalue weighted by molar-refractivity contribution is 7.92. The van der Waals surface area contributed by atoms with Crippen molar-refractivity contribution in [3.05, 3.63) is 52.8 Å². The summed E-state index contributed by atoms with van der Waals surface area (Å²) in [5, 5.41) is 0.506. The Balaban J connectivity index is 2.45. The molecule has 2 rings (SSSR count). The zero-order valence-electron chi connectivity index (χ0n) is 9.92. The molecule has 2 aromatic rings. The Morgan fingerprint density at radius 1 is 1.16 bits per heavy atom. The Kier molecular flexibility index (Phi) is 3.99. The van der Waals surface area contributed by atoms with Crippen molar-refractivity contribution in [3.8, 4) is 0 Å². The summed E-state index contributed by atoms with van der Waals surface area (Å²) in [5.74, 6) is 0. The Labute approximate surface area is 121 Å². The molecule has 0 aliphatic rings. The predicted octanol–water partition coefficient (Wildman–Crippen LogP) is 3.21. The van der Waals surface area contributed by atoms with E-state index in [9.17, 15) is 8.42 Å². The number of hydrogen-bond donors (Lipinski definition) is 0. The van der Waals surface area contributed by atoms with Crippen LogP contribution in [0.25, 0.3) is 0 Å². The number of sulfonamides is 1. The molecule has 0 N–H and O–H groups in total. The number of rotatable bonds is 3. The zero-order chi connectivity index (χ0) is 14.0. The summed E-state index contributed by atoms with van der Waals surface area (Å²) in [6.45, 7) is 0. The predicted molar refractivity (Wildman–Crippen MR) is 76.3 cm³/mol. The standard InChI is InChI=1S/C12H10Cl2N2O2S/c1-16(9-3-2-6-15-8-9)19(17,18)10-4-5-11(13)12(14)7-10/h2-8H,1H3. The summed E-state index contributed by atoms with van der Waals surface area (Å²) in [6, 6.07) is 7.51. The Morgan fingerprint density at radius 2 is 1.89 bits per heavy atom. The molecule has 0 atom stereocenters. The molecule has 0 aliphatic heterocycles. The molecule has 0 saturated heterocycles. The van der Waals surface area contributed by atoms with E-state index < -0.39 is 10.0 Å². The molecule has 0 spiro atoms. The minimum absolute atomic E-state index is 0.0771. The number of aromatic nitrogens is 1. The lowest BCUT2D eigenvalue weighted by molar-refractivity contribution is 0.594. The van der Waals surface area contributed by atoms with Gasteiger partial charge in [0.2, 0.25) is 0 Å². The van der Waals surface area contributed by atoms with Crippen LogP contribution in [0.1, 0.15) is 0 Å². The summed E-state index contributed by atoms with van der Waals surface area (Å²) < 4.78 is 25.9. The summed E-state index contributed by atoms with van der Waals surface area (Å²) in [5.41, 5.74) is 0.466. The van der Waals surface area contributed by atoms with Crippen molar-refractivity contribution in [1.29, 1.82) is 0 Å². The van der Waals surface area contributed by atoms with Gasteiger partial charge in [0.05, 0.1) is 26.8 Å². The van der Waals surface area contributed by atoms with Crippen LogP contribution in [0.5, 0.6) is 0 Å². The monoisotopic (exact) mass is 316 g/mol. The smallest absolute Gasteiger partial charge is 0.264 e. The van der Waals surface area contributed by atoms with E-state index in [1.54, 1.807) is 18.3 Å². The van der Waals surface area contributed by atoms with Crippen LogP contribution in [0, 0.1) is 0 Å². The van der Waals surface area contributed by atoms with Crippen molar-refractivity contribution >= 4 is 38.9 Å². The molecular weight excluding hydrogens is 307 g/mol. The largest absolute Gasteiger partial charge is 0.268 e. The van der Waals surface area contributed by atoms with Gasteiger partial charge in [0.25, 0.3) is 10.0 Å². The SMILES string of the molecule is CN(c1cccnc1)S(=O)(=O)c1ccc(Cl)c(Cl)c1. The third-order valence-electron chi connectivity index (χ3n) is 2.56. The molecule has 0 aliphatic carbocycles. The Morgan fingerprint density at radius 3 is 2.47 bits per heavy atom. The van der Waals surface area contributed by atoms with Gasteiger partial charge in [-0.25, -0.2) is 8.42 Å². The van der Waals surface area contributed by atoms with E-state index in [-0.39, 0.29) is 9.92 Å². The van der Waals surface area contributed by atoms with Gasteiger partial charge in [-0.1, -0.05) is 23.2 Å². The quantitative estimate of drug-likeness (QED) is 0.873. The van der Waals surface area contributed by atoms with E-state index in [0.29, 0.717) is 10.7 Å². The molecule has 0 amide bonds. The molecule has 0 unspecified atom stereocenters. The van der Waals surface area contributed by atoms with Crippen molar-refractivity contribution in [3.63, 3.8) is 0 Å². The second-order valence-corrected chi connectivity index (χ2v) is 6.54. The lowest BCUT2D eigenvalue weighted by Gasteiger charge is -2.19. The van der Waals surface area contributed by atoms with Crippen LogP contribution in [0.4, 0.5) is 5.69 Å². The van der Waals surface area contributed by atoms with Gasteiger partial charge in [0.15, 0.2) is 0 Å². The number of hydrogen-bond acceptors (Lipinski definition) is 3. The number of halogens is 2. The van der Waals surface area contributed by atoms with Gasteiger partial charge in [-0.15, -0.1) is 0 Å². The molecule has 1 aromatic carbocycles. The van der Waals surface area contributed by atoms with Crippen molar-refractivity contribution in [1.82, 2.24) is 4.98 Å². The van der Waals surface area contributed by atoms with Crippen molar-refractivity contribution in [2.45, 2.75) is 4.90 Å². The molecule has 0 saturated carbocycles. The van der Waals surface area contributed by atoms with E-state index in [1.807, 2.05) is 0 Å². The second-order valence-electron chi connectivity index (χ2n) is 3.76. The first-order chi connectivity index (χ1) is 8.93. The van der Waals surface area contributed by atoms with Crippen molar-refractivity contribution < 1.29 is 8.42 Å². The molecule has 1 heterocycles. The minimum Gasteiger partial charge on any atom is -0.268 e. The molecule has 19 heavy (non-hydrogen) atoms. The summed E-state index contributed by atoms with van der Waals surface area (Å²) in [7, 11) is -2.23. The van der Waals surface area contributed by atoms with Gasteiger partial charge in [-0.3, -0.25) is 9.29 Å². The highest BCUT2D eigenvalue weighted by Gasteiger charge is 2.22. The molecule has 0 fully saturated rings. The fourth-order valence-corrected chi connectivity index (χ4v) is 3.05. The molecule has 1 aromatic heterocycles. The van der Waals surface area contributed by atoms with Gasteiger partial charge >= 0.3 is 0 Å². The number of pyridine rings is 1. The van der Waals surface area contributed by atoms with E-state index in [1.165, 1.54) is 31.4 Å². The first-order valence-corrected chi connectivity index (χ1v) is 7.46. The molecule has 100 valence electrons. The lowest BCUT2D eigenvalue weighted by Crippen LogP contribution is -2.26. The summed E-state index contributed by atoms with van der Waals surface area (Å²) >= 11 is 11.6. The normalized spacial score (nSPS) is 11.3. The third kappa shape index (κ3) is 2.83. The first-order valence-electron chi connectivity index (χ1n) is 5.27. The van der Waals surface area contributed by atoms with E-state index >= 15 is 0 Å². The molecular formula is C12H10Cl2N2O2S. The maximum Gasteiger partial charge on any atom is 0.264 e. The van der Waals surface area contributed by atoms with Gasteiger partial charge in [0.1, 0.15) is 0 Å². The van der Waals surface area contributed by atoms with Gasteiger partial charge in [0, 0.05) is 13.2 Å². The average molecular weight is 317 g/mol. The van der Waals surface area contributed by atoms with Gasteiger partial charge in [-0.05, 0) is 30.3 Å². The minimum atomic E-state index is -3.68. The second kappa shape index (κ2) is 5.36. The number of benzene rings is 1. The molecule has 4 nitrogen and oxygen atoms in total. The maximum atomic E-state index is 12.4. The van der Waals surface area contributed by atoms with Crippen LogP contribution < -0.4 is 4.31 Å². The highest BCUT2D eigenvalue weighted by Crippen LogP contribution is 2.27. The summed E-state index contributed by atoms with van der Waals surface area (Å²) in [4.78, 5) is 3.97. The van der Waals surface area contributed by atoms with Crippen LogP contribution in [0.2, 0.25) is 10.0 Å². The van der Waals surface area contributed by atoms with Crippen LogP contribution in [0.15, 0.2) is 47.6 Å². The number of nitrogens with zero attached hydrogens (tertiary/aromatic N) is 2. The van der Waals surface area contributed by atoms with Crippen LogP contribution >= 0.6 is 23.2 Å². The molecule has 7 heteroatoms. The van der Waals surface area contributed by atoms with Gasteiger partial charge in [-0.2, -0.15) is 0 Å². The maximum absolute atomic E-state index is 12.4. The molecule has 0 bridgehead atoms. The topological polar surface area (TPSA) is 50.3 Å². The Bertz CT molecular complexity index is 690. The first kappa shape index (κ1) is 14.1. The molecule has 0 radical (unpaired) electrons. The van der Waals surface area contributed by atoms with Crippen LogP contribution in [-0.4, -0.2) is 20.4 Å². The van der Waals surface area contributed by atoms with Crippen LogP contribution in [0.3, 0.4) is 0 Å². The average Bonchev–Trinajstić information content (AvgIpc) is 2.41. The Hall–Kier alpha value is -1.30. The van der Waals surface area contributed by atoms with Crippen LogP contribution in [-0.2, 0) is 10.0 Å². The van der Waals surface area contributed by atoms with E-state index in [4.69, 9.17) is 23.2 Å². The lowest BCUT2D eigenvalue weighted by atomic mass is 10.4. The fraction of sp³-hybridized carbons (Fsp3) is 0.0833. The number of anilines is 1. The van der Waals surface area contributed by atoms with E-state index in [0.717, 1.165) is 4.31 Å². The highest BCUT2D eigenvalue weighted by atomic mass is 35.5. The van der Waals surface area contributed by atoms with Crippen molar-refractivity contribution in [2.75, 3.05) is 11.4 Å². The fourth-order valence-electron chi connectivity index (χ4n) is 1.47. The van der Waals surface area contributed by atoms with Crippen molar-refractivity contribution in [2.24, 2.45) is 0 Å². The van der Waals surface area contributed by atoms with E-state index in [2.05, 4.69) is 4.98 Å². The van der Waals surface area contributed by atoms with Gasteiger partial charge < -0.3 is 0 Å². The third-order valence-corrected chi connectivity index (χ3v) is 5.08. The zero-order valence-corrected chi connectivity index (χ0v) is 12.2. The summed E-state index contributed by atoms with van der Waals surface area (Å²) in [6.07, 6.45) is 3.04.